The lowest BCUT2D eigenvalue weighted by Gasteiger charge is -2.03. The Morgan fingerprint density at radius 1 is 1.57 bits per heavy atom. The average molecular weight is 214 g/mol. The van der Waals surface area contributed by atoms with Gasteiger partial charge < -0.3 is 5.73 Å². The van der Waals surface area contributed by atoms with Crippen molar-refractivity contribution >= 4 is 11.8 Å². The van der Waals surface area contributed by atoms with Gasteiger partial charge in [-0.2, -0.15) is 5.10 Å². The molecule has 1 unspecified atom stereocenters. The minimum atomic E-state index is 0.329. The van der Waals surface area contributed by atoms with Gasteiger partial charge in [0.15, 0.2) is 5.16 Å². The van der Waals surface area contributed by atoms with Crippen molar-refractivity contribution in [3.05, 3.63) is 6.33 Å². The summed E-state index contributed by atoms with van der Waals surface area (Å²) in [5.74, 6) is 1.10. The predicted octanol–water partition coefficient (Wildman–Crippen LogP) is 1.42. The van der Waals surface area contributed by atoms with Gasteiger partial charge in [0.05, 0.1) is 0 Å². The largest absolute Gasteiger partial charge is 0.328 e. The van der Waals surface area contributed by atoms with E-state index in [0.29, 0.717) is 6.04 Å². The van der Waals surface area contributed by atoms with Crippen molar-refractivity contribution in [2.45, 2.75) is 37.4 Å². The summed E-state index contributed by atoms with van der Waals surface area (Å²) in [5.41, 5.74) is 5.66. The Hall–Kier alpha value is -0.550. The normalized spacial score (nSPS) is 13.1. The number of aromatic nitrogens is 3. The van der Waals surface area contributed by atoms with Gasteiger partial charge in [0.1, 0.15) is 6.33 Å². The maximum atomic E-state index is 5.66. The summed E-state index contributed by atoms with van der Waals surface area (Å²) in [4.78, 5) is 4.14. The van der Waals surface area contributed by atoms with E-state index in [1.165, 1.54) is 12.8 Å². The van der Waals surface area contributed by atoms with E-state index in [9.17, 15) is 0 Å². The number of rotatable bonds is 6. The maximum absolute atomic E-state index is 5.66. The molecule has 1 aromatic rings. The van der Waals surface area contributed by atoms with E-state index in [2.05, 4.69) is 17.0 Å². The zero-order valence-corrected chi connectivity index (χ0v) is 9.63. The number of nitrogens with two attached hydrogens (primary N) is 1. The molecular formula is C9H18N4S. The lowest BCUT2D eigenvalue weighted by atomic mass is 10.2. The van der Waals surface area contributed by atoms with Gasteiger partial charge in [-0.25, -0.2) is 9.67 Å². The zero-order chi connectivity index (χ0) is 10.4. The summed E-state index contributed by atoms with van der Waals surface area (Å²) in [6.45, 7) is 2.05. The Labute approximate surface area is 89.3 Å². The van der Waals surface area contributed by atoms with Gasteiger partial charge in [0, 0.05) is 18.8 Å². The molecule has 1 rings (SSSR count). The number of hydrogen-bond acceptors (Lipinski definition) is 4. The summed E-state index contributed by atoms with van der Waals surface area (Å²) < 4.78 is 1.80. The number of aryl methyl sites for hydroxylation is 1. The molecule has 14 heavy (non-hydrogen) atoms. The number of nitrogens with zero attached hydrogens (tertiary/aromatic N) is 3. The Morgan fingerprint density at radius 2 is 2.36 bits per heavy atom. The first kappa shape index (κ1) is 11.5. The summed E-state index contributed by atoms with van der Waals surface area (Å²) in [5, 5.41) is 5.00. The zero-order valence-electron chi connectivity index (χ0n) is 8.81. The highest BCUT2D eigenvalue weighted by molar-refractivity contribution is 7.99. The van der Waals surface area contributed by atoms with E-state index in [1.54, 1.807) is 22.8 Å². The molecule has 2 N–H and O–H groups in total. The standard InChI is InChI=1S/C9H18N4S/c1-8(10)5-3-4-6-14-9-11-7-12-13(9)2/h7-8H,3-6,10H2,1-2H3. The van der Waals surface area contributed by atoms with E-state index in [-0.39, 0.29) is 0 Å². The highest BCUT2D eigenvalue weighted by atomic mass is 32.2. The minimum Gasteiger partial charge on any atom is -0.328 e. The molecule has 0 aliphatic carbocycles. The van der Waals surface area contributed by atoms with Gasteiger partial charge in [-0.3, -0.25) is 0 Å². The topological polar surface area (TPSA) is 56.7 Å². The van der Waals surface area contributed by atoms with Crippen molar-refractivity contribution in [3.8, 4) is 0 Å². The highest BCUT2D eigenvalue weighted by Crippen LogP contribution is 2.15. The molecule has 4 nitrogen and oxygen atoms in total. The molecule has 0 aliphatic rings. The lowest BCUT2D eigenvalue weighted by molar-refractivity contribution is 0.617. The molecule has 0 fully saturated rings. The van der Waals surface area contributed by atoms with Crippen LogP contribution < -0.4 is 5.73 Å². The predicted molar refractivity (Wildman–Crippen MR) is 59.2 cm³/mol. The van der Waals surface area contributed by atoms with Crippen LogP contribution in [0.25, 0.3) is 0 Å². The second kappa shape index (κ2) is 6.03. The van der Waals surface area contributed by atoms with Crippen molar-refractivity contribution in [3.63, 3.8) is 0 Å². The summed E-state index contributed by atoms with van der Waals surface area (Å²) >= 11 is 1.75. The van der Waals surface area contributed by atoms with Crippen LogP contribution in [0.3, 0.4) is 0 Å². The molecule has 1 atom stereocenters. The Balaban J connectivity index is 2.08. The van der Waals surface area contributed by atoms with Crippen LogP contribution in [0.5, 0.6) is 0 Å². The molecule has 0 radical (unpaired) electrons. The van der Waals surface area contributed by atoms with E-state index in [4.69, 9.17) is 5.73 Å². The van der Waals surface area contributed by atoms with Crippen molar-refractivity contribution in [2.75, 3.05) is 5.75 Å². The Bertz CT molecular complexity index is 259. The van der Waals surface area contributed by atoms with Crippen LogP contribution >= 0.6 is 11.8 Å². The van der Waals surface area contributed by atoms with Gasteiger partial charge >= 0.3 is 0 Å². The number of thioether (sulfide) groups is 1. The molecule has 0 spiro atoms. The third-order valence-corrected chi connectivity index (χ3v) is 3.08. The van der Waals surface area contributed by atoms with Gasteiger partial charge in [-0.05, 0) is 19.8 Å². The Morgan fingerprint density at radius 3 is 2.93 bits per heavy atom. The van der Waals surface area contributed by atoms with E-state index in [0.717, 1.165) is 17.3 Å². The summed E-state index contributed by atoms with van der Waals surface area (Å²) in [6, 6.07) is 0.329. The summed E-state index contributed by atoms with van der Waals surface area (Å²) in [7, 11) is 1.91. The maximum Gasteiger partial charge on any atom is 0.185 e. The van der Waals surface area contributed by atoms with Crippen molar-refractivity contribution in [2.24, 2.45) is 12.8 Å². The average Bonchev–Trinajstić information content (AvgIpc) is 2.51. The second-order valence-corrected chi connectivity index (χ2v) is 4.55. The third kappa shape index (κ3) is 4.11. The van der Waals surface area contributed by atoms with Crippen molar-refractivity contribution < 1.29 is 0 Å². The quantitative estimate of drug-likeness (QED) is 0.575. The lowest BCUT2D eigenvalue weighted by Crippen LogP contribution is -2.14. The fourth-order valence-corrected chi connectivity index (χ4v) is 2.03. The van der Waals surface area contributed by atoms with Crippen LogP contribution in [-0.2, 0) is 7.05 Å². The van der Waals surface area contributed by atoms with Gasteiger partial charge in [0.25, 0.3) is 0 Å². The molecule has 1 aromatic heterocycles. The third-order valence-electron chi connectivity index (χ3n) is 1.95. The van der Waals surface area contributed by atoms with Crippen LogP contribution in [0.2, 0.25) is 0 Å². The number of unbranched alkanes of at least 4 members (excludes halogenated alkanes) is 1. The van der Waals surface area contributed by atoms with Crippen LogP contribution in [0.15, 0.2) is 11.5 Å². The molecule has 80 valence electrons. The van der Waals surface area contributed by atoms with Gasteiger partial charge in [-0.15, -0.1) is 0 Å². The first-order chi connectivity index (χ1) is 6.70. The van der Waals surface area contributed by atoms with Crippen molar-refractivity contribution in [1.29, 1.82) is 0 Å². The fraction of sp³-hybridized carbons (Fsp3) is 0.778. The smallest absolute Gasteiger partial charge is 0.185 e. The van der Waals surface area contributed by atoms with Crippen LogP contribution in [0.4, 0.5) is 0 Å². The van der Waals surface area contributed by atoms with Gasteiger partial charge in [-0.1, -0.05) is 18.2 Å². The first-order valence-electron chi connectivity index (χ1n) is 4.92. The molecule has 0 aromatic carbocycles. The molecule has 5 heteroatoms. The van der Waals surface area contributed by atoms with E-state index >= 15 is 0 Å². The molecule has 0 aliphatic heterocycles. The minimum absolute atomic E-state index is 0.329. The number of hydrogen-bond donors (Lipinski definition) is 1. The molecule has 0 saturated heterocycles. The first-order valence-corrected chi connectivity index (χ1v) is 5.91. The van der Waals surface area contributed by atoms with Gasteiger partial charge in [0.2, 0.25) is 0 Å². The van der Waals surface area contributed by atoms with E-state index in [1.807, 2.05) is 7.05 Å². The molecule has 0 amide bonds. The Kier molecular flexibility index (Phi) is 4.97. The van der Waals surface area contributed by atoms with Crippen LogP contribution in [0.1, 0.15) is 26.2 Å². The van der Waals surface area contributed by atoms with E-state index < -0.39 is 0 Å². The second-order valence-electron chi connectivity index (χ2n) is 3.49. The SMILES string of the molecule is CC(N)CCCCSc1ncnn1C. The molecule has 1 heterocycles. The van der Waals surface area contributed by atoms with Crippen LogP contribution in [-0.4, -0.2) is 26.6 Å². The molecule has 0 saturated carbocycles. The monoisotopic (exact) mass is 214 g/mol. The molecular weight excluding hydrogens is 196 g/mol. The summed E-state index contributed by atoms with van der Waals surface area (Å²) in [6.07, 6.45) is 5.09. The molecule has 0 bridgehead atoms. The van der Waals surface area contributed by atoms with Crippen molar-refractivity contribution in [1.82, 2.24) is 14.8 Å². The fourth-order valence-electron chi connectivity index (χ4n) is 1.15. The highest BCUT2D eigenvalue weighted by Gasteiger charge is 2.00. The van der Waals surface area contributed by atoms with Crippen LogP contribution in [0, 0.1) is 0 Å².